The van der Waals surface area contributed by atoms with Gasteiger partial charge in [-0.2, -0.15) is 0 Å². The summed E-state index contributed by atoms with van der Waals surface area (Å²) in [5.74, 6) is -14.4. The van der Waals surface area contributed by atoms with Gasteiger partial charge in [0.2, 0.25) is 0 Å². The van der Waals surface area contributed by atoms with E-state index >= 15 is 0 Å². The minimum atomic E-state index is -2.43. The van der Waals surface area contributed by atoms with E-state index in [0.717, 1.165) is 29.4 Å². The smallest absolute Gasteiger partial charge is 0 e. The van der Waals surface area contributed by atoms with Gasteiger partial charge in [-0.25, -0.2) is 0 Å². The second-order valence-corrected chi connectivity index (χ2v) is 22.2. The van der Waals surface area contributed by atoms with Crippen LogP contribution in [0.5, 0.6) is 5.75 Å². The van der Waals surface area contributed by atoms with Gasteiger partial charge in [0.05, 0.1) is 78.5 Å². The fourth-order valence-corrected chi connectivity index (χ4v) is 12.9. The number of phenols is 1. The molecule has 478 valence electrons. The Balaban J connectivity index is 0.00000114. The van der Waals surface area contributed by atoms with E-state index in [4.69, 9.17) is 61.3 Å². The molecular formula is C54H69FeN6O25P. The van der Waals surface area contributed by atoms with Crippen LogP contribution in [0.2, 0.25) is 0 Å². The van der Waals surface area contributed by atoms with Gasteiger partial charge in [0, 0.05) is 56.3 Å². The number of benzene rings is 4. The predicted molar refractivity (Wildman–Crippen MR) is 305 cm³/mol. The third-order valence-corrected chi connectivity index (χ3v) is 16.2. The molecule has 0 unspecified atom stereocenters. The Morgan fingerprint density at radius 3 is 0.517 bits per heavy atom. The predicted octanol–water partition coefficient (Wildman–Crippen LogP) is -2.47. The first-order chi connectivity index (χ1) is 40.4. The maximum Gasteiger partial charge on any atom is 0 e. The average molecular weight is 1290 g/mol. The van der Waals surface area contributed by atoms with Gasteiger partial charge in [0.1, 0.15) is 0 Å². The Morgan fingerprint density at radius 2 is 0.379 bits per heavy atom. The van der Waals surface area contributed by atoms with Gasteiger partial charge in [-0.15, -0.1) is 0 Å². The summed E-state index contributed by atoms with van der Waals surface area (Å²) in [6.45, 7) is -6.75. The summed E-state index contributed by atoms with van der Waals surface area (Å²) >= 11 is 0. The molecule has 0 saturated carbocycles. The topological polar surface area (TPSA) is 487 Å². The van der Waals surface area contributed by atoms with E-state index in [1.807, 2.05) is 0 Å². The number of rotatable bonds is 37. The molecule has 0 amide bonds. The Labute approximate surface area is 507 Å². The van der Waals surface area contributed by atoms with Crippen molar-refractivity contribution >= 4 is 100 Å². The molecule has 87 heavy (non-hydrogen) atoms. The minimum Gasteiger partial charge on any atom is 0 e. The molecular weight excluding hydrogens is 1220 g/mol. The van der Waals surface area contributed by atoms with Gasteiger partial charge < -0.3 is 61.3 Å². The molecule has 0 aliphatic heterocycles. The van der Waals surface area contributed by atoms with E-state index in [9.17, 15) is 62.6 Å². The number of aliphatic carboxylic acids is 12. The zero-order valence-electron chi connectivity index (χ0n) is 46.4. The van der Waals surface area contributed by atoms with Gasteiger partial charge in [-0.1, -0.05) is 0 Å². The molecule has 0 radical (unpaired) electrons. The zero-order chi connectivity index (χ0) is 64.9. The van der Waals surface area contributed by atoms with E-state index < -0.39 is 157 Å². The number of hydrogen-bond donors (Lipinski definition) is 13. The van der Waals surface area contributed by atoms with Crippen LogP contribution in [-0.4, -0.2) is 285 Å². The van der Waals surface area contributed by atoms with Crippen molar-refractivity contribution in [3.05, 3.63) is 115 Å². The van der Waals surface area contributed by atoms with E-state index in [2.05, 4.69) is 103 Å². The van der Waals surface area contributed by atoms with Crippen molar-refractivity contribution < 1.29 is 141 Å². The van der Waals surface area contributed by atoms with Crippen molar-refractivity contribution in [3.8, 4) is 5.75 Å². The van der Waals surface area contributed by atoms with E-state index in [1.54, 1.807) is 12.1 Å². The van der Waals surface area contributed by atoms with Crippen LogP contribution in [0.15, 0.2) is 115 Å². The van der Waals surface area contributed by atoms with Gasteiger partial charge in [-0.3, -0.25) is 86.9 Å². The van der Waals surface area contributed by atoms with Crippen LogP contribution >= 0.6 is 7.26 Å². The molecule has 31 nitrogen and oxygen atoms in total. The number of carboxylic acids is 12. The number of nitrogens with zero attached hydrogens (tertiary/aromatic N) is 6. The van der Waals surface area contributed by atoms with Crippen LogP contribution in [0, 0.1) is 0 Å². The number of hydrogen-bond acceptors (Lipinski definition) is 19. The first kappa shape index (κ1) is 78.0. The third kappa shape index (κ3) is 34.6. The summed E-state index contributed by atoms with van der Waals surface area (Å²) in [6.07, 6.45) is 0. The fourth-order valence-electron chi connectivity index (χ4n) is 8.20. The van der Waals surface area contributed by atoms with Crippen molar-refractivity contribution in [2.75, 3.05) is 118 Å². The largest absolute Gasteiger partial charge is 0 e. The van der Waals surface area contributed by atoms with E-state index in [1.165, 1.54) is 21.2 Å². The summed E-state index contributed by atoms with van der Waals surface area (Å²) in [6, 6.07) is 40.0. The van der Waals surface area contributed by atoms with E-state index in [-0.39, 0.29) is 56.3 Å². The molecule has 0 atom stereocenters. The van der Waals surface area contributed by atoms with Crippen LogP contribution in [0.1, 0.15) is 0 Å². The van der Waals surface area contributed by atoms with Crippen molar-refractivity contribution in [2.24, 2.45) is 0 Å². The summed E-state index contributed by atoms with van der Waals surface area (Å²) in [7, 11) is -2.43. The molecule has 0 heterocycles. The van der Waals surface area contributed by atoms with Gasteiger partial charge in [-0.05, 0) is 0 Å². The zero-order valence-corrected chi connectivity index (χ0v) is 48.6. The van der Waals surface area contributed by atoms with Crippen LogP contribution in [0.25, 0.3) is 0 Å². The third-order valence-electron chi connectivity index (χ3n) is 11.4. The molecule has 4 rings (SSSR count). The second kappa shape index (κ2) is 41.9. The maximum atomic E-state index is 10.6. The van der Waals surface area contributed by atoms with Crippen molar-refractivity contribution in [3.63, 3.8) is 0 Å². The molecule has 13 N–H and O–H groups in total. The number of carbonyl (C=O) groups is 12. The normalized spacial score (nSPS) is 10.9. The molecule has 0 saturated heterocycles. The van der Waals surface area contributed by atoms with Crippen molar-refractivity contribution in [2.45, 2.75) is 0 Å². The van der Waals surface area contributed by atoms with Gasteiger partial charge >= 0.3 is 226 Å². The molecule has 4 aromatic carbocycles. The molecule has 0 aliphatic rings. The van der Waals surface area contributed by atoms with E-state index in [0.29, 0.717) is 5.75 Å². The van der Waals surface area contributed by atoms with Crippen molar-refractivity contribution in [1.82, 2.24) is 29.4 Å². The van der Waals surface area contributed by atoms with Crippen LogP contribution < -0.4 is 21.2 Å². The van der Waals surface area contributed by atoms with Gasteiger partial charge in [0.15, 0.2) is 0 Å². The summed E-state index contributed by atoms with van der Waals surface area (Å²) in [5, 5.41) is 119. The quantitative estimate of drug-likeness (QED) is 0.0164. The average Bonchev–Trinajstić information content (AvgIpc) is 3.50. The Kier molecular flexibility index (Phi) is 37.6. The van der Waals surface area contributed by atoms with Crippen LogP contribution in [0.4, 0.5) is 0 Å². The van der Waals surface area contributed by atoms with Crippen molar-refractivity contribution in [1.29, 1.82) is 0 Å². The molecule has 0 aliphatic carbocycles. The maximum absolute atomic E-state index is 10.6. The Bertz CT molecular complexity index is 2390. The SMILES string of the molecule is O=C(O)CN(CCN(CC(=O)O)CC(=O)O)CC(=O)O.O=C(O)CN(CCN(CC(=O)O)CC(=O)O)CC(=O)O.O=C(O)CN(CCN(CC(=O)O)CC(=O)O)CC(=O)O.Oc1ccc([PH](c2ccccc2)(c2ccccc2)c2ccccc2)cc1.[Fe]. The first-order valence-corrected chi connectivity index (χ1v) is 27.3. The monoisotopic (exact) mass is 1290 g/mol. The summed E-state index contributed by atoms with van der Waals surface area (Å²) in [5.41, 5.74) is 0. The molecule has 4 aromatic rings. The second-order valence-electron chi connectivity index (χ2n) is 18.4. The molecule has 0 bridgehead atoms. The number of carboxylic acid groups (broad SMARTS) is 12. The molecule has 0 fully saturated rings. The summed E-state index contributed by atoms with van der Waals surface area (Å²) in [4.78, 5) is 133. The first-order valence-electron chi connectivity index (χ1n) is 25.3. The van der Waals surface area contributed by atoms with Crippen LogP contribution in [0.3, 0.4) is 0 Å². The molecule has 0 spiro atoms. The van der Waals surface area contributed by atoms with Crippen LogP contribution in [-0.2, 0) is 74.6 Å². The minimum absolute atomic E-state index is 0. The number of aromatic hydroxyl groups is 1. The fraction of sp³-hybridized carbons (Fsp3) is 0.333. The molecule has 0 aromatic heterocycles. The standard InChI is InChI=1S/C24H21OP.3C10H16N2O8.Fe/c25-20-16-18-24(19-17-20)26(21-10-4-1-5-11-21,22-12-6-2-7-13-22)23-14-8-3-9-15-23;3*13-7(14)3-11(4-8(15)16)1-2-12(5-9(17)18)6-10(19)20;/h1-19,25-26H;3*1-6H2,(H,13,14)(H,15,16)(H,17,18)(H,19,20);. The summed E-state index contributed by atoms with van der Waals surface area (Å²) < 4.78 is 0. The molecule has 33 heteroatoms. The Morgan fingerprint density at radius 1 is 0.241 bits per heavy atom. The van der Waals surface area contributed by atoms with Gasteiger partial charge in [0.25, 0.3) is 0 Å². The Hall–Kier alpha value is -8.97. The number of phenolic OH excluding ortho intramolecular Hbond substituents is 1.